The largest absolute Gasteiger partial charge is 0.343 e. The molecular weight excluding hydrogens is 313 g/mol. The number of halogens is 1. The Hall–Kier alpha value is -3.22. The zero-order valence-corrected chi connectivity index (χ0v) is 12.9. The number of rotatable bonds is 5. The monoisotopic (exact) mass is 329 g/mol. The van der Waals surface area contributed by atoms with Gasteiger partial charge in [-0.3, -0.25) is 14.4 Å². The molecule has 0 atom stereocenters. The Balaban J connectivity index is 1.93. The van der Waals surface area contributed by atoms with Gasteiger partial charge in [0.1, 0.15) is 5.82 Å². The van der Waals surface area contributed by atoms with Gasteiger partial charge in [-0.2, -0.15) is 0 Å². The van der Waals surface area contributed by atoms with E-state index in [0.717, 1.165) is 6.07 Å². The van der Waals surface area contributed by atoms with Crippen LogP contribution in [0.25, 0.3) is 0 Å². The highest BCUT2D eigenvalue weighted by Crippen LogP contribution is 2.19. The summed E-state index contributed by atoms with van der Waals surface area (Å²) in [7, 11) is 0. The molecule has 0 aromatic heterocycles. The number of hydrogen-bond acceptors (Lipinski definition) is 3. The highest BCUT2D eigenvalue weighted by Gasteiger charge is 2.10. The number of anilines is 2. The van der Waals surface area contributed by atoms with E-state index in [0.29, 0.717) is 11.3 Å². The lowest BCUT2D eigenvalue weighted by Gasteiger charge is -2.09. The van der Waals surface area contributed by atoms with Crippen LogP contribution in [0, 0.1) is 5.82 Å². The first-order chi connectivity index (χ1) is 11.5. The number of carbonyl (C=O) groups excluding carboxylic acids is 3. The van der Waals surface area contributed by atoms with E-state index < -0.39 is 17.6 Å². The smallest absolute Gasteiger partial charge is 0.251 e. The Kier molecular flexibility index (Phi) is 5.62. The maximum atomic E-state index is 13.5. The van der Waals surface area contributed by atoms with Crippen LogP contribution in [0.1, 0.15) is 17.3 Å². The molecule has 0 fully saturated rings. The van der Waals surface area contributed by atoms with Crippen LogP contribution in [0.5, 0.6) is 0 Å². The number of amides is 3. The first-order valence-corrected chi connectivity index (χ1v) is 7.16. The topological polar surface area (TPSA) is 87.3 Å². The van der Waals surface area contributed by atoms with Crippen LogP contribution < -0.4 is 16.0 Å². The fraction of sp³-hybridized carbons (Fsp3) is 0.118. The van der Waals surface area contributed by atoms with Gasteiger partial charge in [0.2, 0.25) is 11.8 Å². The maximum absolute atomic E-state index is 13.5. The Morgan fingerprint density at radius 3 is 2.38 bits per heavy atom. The van der Waals surface area contributed by atoms with E-state index in [2.05, 4.69) is 16.0 Å². The molecule has 0 spiro atoms. The molecule has 3 amide bonds. The standard InChI is InChI=1S/C17H16FN3O3/c1-11(22)20-15-9-13(7-8-14(15)18)21-16(23)10-19-17(24)12-5-3-2-4-6-12/h2-9H,10H2,1H3,(H,19,24)(H,20,22)(H,21,23). The highest BCUT2D eigenvalue weighted by molar-refractivity contribution is 5.99. The Labute approximate surface area is 138 Å². The quantitative estimate of drug-likeness (QED) is 0.785. The van der Waals surface area contributed by atoms with Crippen molar-refractivity contribution in [3.8, 4) is 0 Å². The van der Waals surface area contributed by atoms with Crippen LogP contribution >= 0.6 is 0 Å². The van der Waals surface area contributed by atoms with Gasteiger partial charge in [-0.15, -0.1) is 0 Å². The van der Waals surface area contributed by atoms with E-state index in [4.69, 9.17) is 0 Å². The molecule has 3 N–H and O–H groups in total. The molecule has 0 aliphatic rings. The van der Waals surface area contributed by atoms with Crippen LogP contribution in [0.3, 0.4) is 0 Å². The van der Waals surface area contributed by atoms with Crippen molar-refractivity contribution in [1.29, 1.82) is 0 Å². The predicted molar refractivity (Wildman–Crippen MR) is 88.1 cm³/mol. The summed E-state index contributed by atoms with van der Waals surface area (Å²) in [6.45, 7) is 1.02. The Morgan fingerprint density at radius 1 is 1.00 bits per heavy atom. The van der Waals surface area contributed by atoms with E-state index in [1.165, 1.54) is 19.1 Å². The minimum absolute atomic E-state index is 0.0337. The van der Waals surface area contributed by atoms with Crippen molar-refractivity contribution < 1.29 is 18.8 Å². The summed E-state index contributed by atoms with van der Waals surface area (Å²) in [6.07, 6.45) is 0. The second kappa shape index (κ2) is 7.87. The first-order valence-electron chi connectivity index (χ1n) is 7.16. The second-order valence-corrected chi connectivity index (χ2v) is 4.97. The third kappa shape index (κ3) is 4.91. The van der Waals surface area contributed by atoms with Crippen molar-refractivity contribution in [1.82, 2.24) is 5.32 Å². The number of hydrogen-bond donors (Lipinski definition) is 3. The molecule has 2 rings (SSSR count). The molecule has 0 saturated heterocycles. The van der Waals surface area contributed by atoms with E-state index in [1.807, 2.05) is 0 Å². The lowest BCUT2D eigenvalue weighted by molar-refractivity contribution is -0.115. The highest BCUT2D eigenvalue weighted by atomic mass is 19.1. The fourth-order valence-corrected chi connectivity index (χ4v) is 1.95. The minimum atomic E-state index is -0.611. The van der Waals surface area contributed by atoms with Crippen LogP contribution in [0.15, 0.2) is 48.5 Å². The van der Waals surface area contributed by atoms with E-state index >= 15 is 0 Å². The molecular formula is C17H16FN3O3. The molecule has 0 heterocycles. The molecule has 7 heteroatoms. The van der Waals surface area contributed by atoms with Crippen molar-refractivity contribution in [2.75, 3.05) is 17.2 Å². The first kappa shape index (κ1) is 17.1. The lowest BCUT2D eigenvalue weighted by atomic mass is 10.2. The predicted octanol–water partition coefficient (Wildman–Crippen LogP) is 2.15. The summed E-state index contributed by atoms with van der Waals surface area (Å²) in [4.78, 5) is 34.7. The SMILES string of the molecule is CC(=O)Nc1cc(NC(=O)CNC(=O)c2ccccc2)ccc1F. The molecule has 124 valence electrons. The fourth-order valence-electron chi connectivity index (χ4n) is 1.95. The third-order valence-corrected chi connectivity index (χ3v) is 3.01. The summed E-state index contributed by atoms with van der Waals surface area (Å²) in [5.74, 6) is -1.88. The molecule has 2 aromatic carbocycles. The van der Waals surface area contributed by atoms with Gasteiger partial charge in [0, 0.05) is 18.2 Å². The average molecular weight is 329 g/mol. The molecule has 0 radical (unpaired) electrons. The minimum Gasteiger partial charge on any atom is -0.343 e. The molecule has 0 aliphatic heterocycles. The van der Waals surface area contributed by atoms with Gasteiger partial charge in [-0.25, -0.2) is 4.39 Å². The van der Waals surface area contributed by atoms with Gasteiger partial charge < -0.3 is 16.0 Å². The van der Waals surface area contributed by atoms with Crippen LogP contribution in [-0.2, 0) is 9.59 Å². The van der Waals surface area contributed by atoms with Gasteiger partial charge in [-0.05, 0) is 30.3 Å². The third-order valence-electron chi connectivity index (χ3n) is 3.01. The summed E-state index contributed by atoms with van der Waals surface area (Å²) in [6, 6.07) is 12.3. The zero-order valence-electron chi connectivity index (χ0n) is 12.9. The van der Waals surface area contributed by atoms with Gasteiger partial charge in [0.05, 0.1) is 12.2 Å². The summed E-state index contributed by atoms with van der Waals surface area (Å²) >= 11 is 0. The number of carbonyl (C=O) groups is 3. The van der Waals surface area contributed by atoms with E-state index in [1.54, 1.807) is 30.3 Å². The molecule has 0 saturated carbocycles. The summed E-state index contributed by atoms with van der Waals surface area (Å²) in [5.41, 5.74) is 0.716. The van der Waals surface area contributed by atoms with Gasteiger partial charge in [0.15, 0.2) is 0 Å². The van der Waals surface area contributed by atoms with Crippen LogP contribution in [0.4, 0.5) is 15.8 Å². The Morgan fingerprint density at radius 2 is 1.71 bits per heavy atom. The summed E-state index contributed by atoms with van der Waals surface area (Å²) in [5, 5.41) is 7.32. The number of benzene rings is 2. The van der Waals surface area contributed by atoms with Crippen molar-refractivity contribution in [3.05, 3.63) is 59.9 Å². The van der Waals surface area contributed by atoms with Gasteiger partial charge >= 0.3 is 0 Å². The van der Waals surface area contributed by atoms with E-state index in [9.17, 15) is 18.8 Å². The second-order valence-electron chi connectivity index (χ2n) is 4.97. The molecule has 6 nitrogen and oxygen atoms in total. The number of nitrogens with one attached hydrogen (secondary N) is 3. The van der Waals surface area contributed by atoms with Crippen molar-refractivity contribution in [2.24, 2.45) is 0 Å². The zero-order chi connectivity index (χ0) is 17.5. The van der Waals surface area contributed by atoms with Crippen LogP contribution in [0.2, 0.25) is 0 Å². The van der Waals surface area contributed by atoms with Crippen LogP contribution in [-0.4, -0.2) is 24.3 Å². The maximum Gasteiger partial charge on any atom is 0.251 e. The van der Waals surface area contributed by atoms with Crippen molar-refractivity contribution in [2.45, 2.75) is 6.92 Å². The molecule has 0 unspecified atom stereocenters. The normalized spacial score (nSPS) is 9.92. The molecule has 24 heavy (non-hydrogen) atoms. The average Bonchev–Trinajstić information content (AvgIpc) is 2.56. The van der Waals surface area contributed by atoms with Gasteiger partial charge in [-0.1, -0.05) is 18.2 Å². The van der Waals surface area contributed by atoms with Crippen molar-refractivity contribution >= 4 is 29.1 Å². The van der Waals surface area contributed by atoms with Crippen molar-refractivity contribution in [3.63, 3.8) is 0 Å². The molecule has 0 bridgehead atoms. The summed E-state index contributed by atoms with van der Waals surface area (Å²) < 4.78 is 13.5. The van der Waals surface area contributed by atoms with E-state index in [-0.39, 0.29) is 18.1 Å². The molecule has 2 aromatic rings. The lowest BCUT2D eigenvalue weighted by Crippen LogP contribution is -2.32. The van der Waals surface area contributed by atoms with Gasteiger partial charge in [0.25, 0.3) is 5.91 Å². The molecule has 0 aliphatic carbocycles. The Bertz CT molecular complexity index is 763.